The van der Waals surface area contributed by atoms with E-state index in [0.29, 0.717) is 23.0 Å². The van der Waals surface area contributed by atoms with E-state index in [9.17, 15) is 18.0 Å². The fraction of sp³-hybridized carbons (Fsp3) is 0.310. The van der Waals surface area contributed by atoms with Crippen LogP contribution >= 0.6 is 11.6 Å². The summed E-state index contributed by atoms with van der Waals surface area (Å²) >= 11 is 5.98. The normalized spacial score (nSPS) is 11.9. The number of amides is 2. The summed E-state index contributed by atoms with van der Waals surface area (Å²) in [5.41, 5.74) is 1.09. The van der Waals surface area contributed by atoms with Gasteiger partial charge < -0.3 is 15.0 Å². The van der Waals surface area contributed by atoms with Gasteiger partial charge in [-0.25, -0.2) is 8.42 Å². The number of carbonyl (C=O) groups is 2. The second-order valence-corrected chi connectivity index (χ2v) is 11.3. The largest absolute Gasteiger partial charge is 0.497 e. The third-order valence-electron chi connectivity index (χ3n) is 6.23. The van der Waals surface area contributed by atoms with E-state index in [1.54, 1.807) is 68.6 Å². The maximum absolute atomic E-state index is 13.9. The average Bonchev–Trinajstić information content (AvgIpc) is 2.95. The molecule has 8 nitrogen and oxygen atoms in total. The van der Waals surface area contributed by atoms with E-state index in [4.69, 9.17) is 16.3 Å². The molecular weight excluding hydrogens is 538 g/mol. The predicted octanol–water partition coefficient (Wildman–Crippen LogP) is 4.88. The number of hydrogen-bond donors (Lipinski definition) is 1. The van der Waals surface area contributed by atoms with Crippen LogP contribution in [0.2, 0.25) is 5.02 Å². The standard InChI is InChI=1S/C29H34ClN3O5S/c1-4-5-19-31-29(35)22(2)32(20-23-11-15-26(38-3)16-12-23)28(34)21-33(25-9-7-6-8-10-25)39(36,37)27-17-13-24(30)14-18-27/h6-18,22H,4-5,19-21H2,1-3H3,(H,31,35). The van der Waals surface area contributed by atoms with Crippen LogP contribution in [0.1, 0.15) is 32.3 Å². The van der Waals surface area contributed by atoms with Crippen LogP contribution in [0.15, 0.2) is 83.8 Å². The van der Waals surface area contributed by atoms with Gasteiger partial charge in [0.2, 0.25) is 11.8 Å². The minimum absolute atomic E-state index is 0.00406. The summed E-state index contributed by atoms with van der Waals surface area (Å²) in [6, 6.07) is 20.5. The zero-order valence-corrected chi connectivity index (χ0v) is 23.9. The number of nitrogens with zero attached hydrogens (tertiary/aromatic N) is 2. The molecular formula is C29H34ClN3O5S. The minimum Gasteiger partial charge on any atom is -0.497 e. The van der Waals surface area contributed by atoms with Crippen molar-refractivity contribution in [3.8, 4) is 5.75 Å². The zero-order valence-electron chi connectivity index (χ0n) is 22.3. The van der Waals surface area contributed by atoms with Gasteiger partial charge in [0.1, 0.15) is 18.3 Å². The Kier molecular flexibility index (Phi) is 10.8. The molecule has 0 fully saturated rings. The third kappa shape index (κ3) is 7.97. The number of anilines is 1. The Labute approximate surface area is 235 Å². The number of halogens is 1. The van der Waals surface area contributed by atoms with Gasteiger partial charge in [-0.05, 0) is 67.4 Å². The van der Waals surface area contributed by atoms with Gasteiger partial charge in [-0.15, -0.1) is 0 Å². The van der Waals surface area contributed by atoms with Gasteiger partial charge in [-0.2, -0.15) is 0 Å². The Morgan fingerprint density at radius 1 is 0.974 bits per heavy atom. The van der Waals surface area contributed by atoms with Crippen LogP contribution in [-0.2, 0) is 26.2 Å². The van der Waals surface area contributed by atoms with Gasteiger partial charge in [-0.1, -0.05) is 55.3 Å². The van der Waals surface area contributed by atoms with E-state index in [0.717, 1.165) is 22.7 Å². The predicted molar refractivity (Wildman–Crippen MR) is 153 cm³/mol. The summed E-state index contributed by atoms with van der Waals surface area (Å²) in [6.45, 7) is 3.76. The van der Waals surface area contributed by atoms with Crippen molar-refractivity contribution >= 4 is 39.1 Å². The van der Waals surface area contributed by atoms with Gasteiger partial charge in [0, 0.05) is 18.1 Å². The van der Waals surface area contributed by atoms with Crippen LogP contribution in [0.5, 0.6) is 5.75 Å². The van der Waals surface area contributed by atoms with Gasteiger partial charge in [0.15, 0.2) is 0 Å². The highest BCUT2D eigenvalue weighted by atomic mass is 35.5. The number of methoxy groups -OCH3 is 1. The fourth-order valence-electron chi connectivity index (χ4n) is 3.90. The number of para-hydroxylation sites is 1. The molecule has 0 spiro atoms. The average molecular weight is 572 g/mol. The van der Waals surface area contributed by atoms with Crippen LogP contribution in [-0.4, -0.2) is 51.4 Å². The summed E-state index contributed by atoms with van der Waals surface area (Å²) in [7, 11) is -2.57. The van der Waals surface area contributed by atoms with Crippen molar-refractivity contribution in [2.45, 2.75) is 44.2 Å². The van der Waals surface area contributed by atoms with Crippen molar-refractivity contribution in [3.05, 3.63) is 89.4 Å². The first-order valence-electron chi connectivity index (χ1n) is 12.7. The molecule has 3 aromatic carbocycles. The van der Waals surface area contributed by atoms with Crippen molar-refractivity contribution in [2.75, 3.05) is 24.5 Å². The second kappa shape index (κ2) is 14.0. The summed E-state index contributed by atoms with van der Waals surface area (Å²) in [4.78, 5) is 28.2. The Morgan fingerprint density at radius 3 is 2.21 bits per heavy atom. The van der Waals surface area contributed by atoms with Crippen LogP contribution in [0.3, 0.4) is 0 Å². The second-order valence-electron chi connectivity index (χ2n) is 8.99. The number of carbonyl (C=O) groups excluding carboxylic acids is 2. The third-order valence-corrected chi connectivity index (χ3v) is 8.27. The molecule has 0 bridgehead atoms. The molecule has 1 atom stereocenters. The van der Waals surface area contributed by atoms with E-state index in [2.05, 4.69) is 5.32 Å². The lowest BCUT2D eigenvalue weighted by atomic mass is 10.1. The Morgan fingerprint density at radius 2 is 1.62 bits per heavy atom. The van der Waals surface area contributed by atoms with Gasteiger partial charge in [0.25, 0.3) is 10.0 Å². The maximum Gasteiger partial charge on any atom is 0.264 e. The number of nitrogens with one attached hydrogen (secondary N) is 1. The number of unbranched alkanes of at least 4 members (excludes halogenated alkanes) is 1. The summed E-state index contributed by atoms with van der Waals surface area (Å²) in [5.74, 6) is -0.172. The van der Waals surface area contributed by atoms with Crippen molar-refractivity contribution in [2.24, 2.45) is 0 Å². The fourth-order valence-corrected chi connectivity index (χ4v) is 5.44. The van der Waals surface area contributed by atoms with Crippen LogP contribution in [0.4, 0.5) is 5.69 Å². The Balaban J connectivity index is 1.96. The molecule has 0 heterocycles. The van der Waals surface area contributed by atoms with Gasteiger partial charge in [-0.3, -0.25) is 13.9 Å². The number of rotatable bonds is 13. The summed E-state index contributed by atoms with van der Waals surface area (Å²) < 4.78 is 33.7. The molecule has 0 saturated carbocycles. The molecule has 1 N–H and O–H groups in total. The zero-order chi connectivity index (χ0) is 28.4. The topological polar surface area (TPSA) is 96.0 Å². The first kappa shape index (κ1) is 30.0. The van der Waals surface area contributed by atoms with Crippen molar-refractivity contribution in [1.82, 2.24) is 10.2 Å². The highest BCUT2D eigenvalue weighted by Gasteiger charge is 2.32. The molecule has 0 aliphatic heterocycles. The van der Waals surface area contributed by atoms with E-state index in [1.807, 2.05) is 6.92 Å². The highest BCUT2D eigenvalue weighted by Crippen LogP contribution is 2.25. The van der Waals surface area contributed by atoms with E-state index < -0.39 is 28.5 Å². The van der Waals surface area contributed by atoms with Crippen molar-refractivity contribution in [1.29, 1.82) is 0 Å². The maximum atomic E-state index is 13.9. The van der Waals surface area contributed by atoms with E-state index in [1.165, 1.54) is 29.2 Å². The number of sulfonamides is 1. The smallest absolute Gasteiger partial charge is 0.264 e. The van der Waals surface area contributed by atoms with Crippen molar-refractivity contribution < 1.29 is 22.7 Å². The summed E-state index contributed by atoms with van der Waals surface area (Å²) in [5, 5.41) is 3.27. The molecule has 3 aromatic rings. The van der Waals surface area contributed by atoms with Gasteiger partial charge >= 0.3 is 0 Å². The first-order valence-corrected chi connectivity index (χ1v) is 14.5. The van der Waals surface area contributed by atoms with Gasteiger partial charge in [0.05, 0.1) is 17.7 Å². The molecule has 3 rings (SSSR count). The molecule has 0 aliphatic rings. The van der Waals surface area contributed by atoms with Crippen LogP contribution < -0.4 is 14.4 Å². The molecule has 2 amide bonds. The molecule has 1 unspecified atom stereocenters. The van der Waals surface area contributed by atoms with Crippen molar-refractivity contribution in [3.63, 3.8) is 0 Å². The molecule has 0 aromatic heterocycles. The first-order chi connectivity index (χ1) is 18.7. The molecule has 0 radical (unpaired) electrons. The number of hydrogen-bond acceptors (Lipinski definition) is 5. The lowest BCUT2D eigenvalue weighted by Crippen LogP contribution is -2.51. The molecule has 208 valence electrons. The Bertz CT molecular complexity index is 1330. The lowest BCUT2D eigenvalue weighted by Gasteiger charge is -2.32. The molecule has 10 heteroatoms. The van der Waals surface area contributed by atoms with Crippen LogP contribution in [0.25, 0.3) is 0 Å². The van der Waals surface area contributed by atoms with E-state index >= 15 is 0 Å². The number of ether oxygens (including phenoxy) is 1. The quantitative estimate of drug-likeness (QED) is 0.295. The highest BCUT2D eigenvalue weighted by molar-refractivity contribution is 7.92. The number of benzene rings is 3. The Hall–Kier alpha value is -3.56. The van der Waals surface area contributed by atoms with Crippen LogP contribution in [0, 0.1) is 0 Å². The van der Waals surface area contributed by atoms with E-state index in [-0.39, 0.29) is 17.3 Å². The minimum atomic E-state index is -4.13. The molecule has 0 aliphatic carbocycles. The monoisotopic (exact) mass is 571 g/mol. The summed E-state index contributed by atoms with van der Waals surface area (Å²) in [6.07, 6.45) is 1.73. The molecule has 39 heavy (non-hydrogen) atoms. The SMILES string of the molecule is CCCCNC(=O)C(C)N(Cc1ccc(OC)cc1)C(=O)CN(c1ccccc1)S(=O)(=O)c1ccc(Cl)cc1. The lowest BCUT2D eigenvalue weighted by molar-refractivity contribution is -0.139. The molecule has 0 saturated heterocycles.